The minimum Gasteiger partial charge on any atom is -0.438 e. The predicted octanol–water partition coefficient (Wildman–Crippen LogP) is 3.12. The monoisotopic (exact) mass is 261 g/mol. The maximum atomic E-state index is 7.49. The van der Waals surface area contributed by atoms with Crippen LogP contribution in [0.3, 0.4) is 0 Å². The molecule has 2 aromatic rings. The second kappa shape index (κ2) is 5.06. The number of benzene rings is 1. The van der Waals surface area contributed by atoms with E-state index in [4.69, 9.17) is 27.5 Å². The highest BCUT2D eigenvalue weighted by Gasteiger charge is 2.10. The van der Waals surface area contributed by atoms with Crippen LogP contribution >= 0.6 is 11.6 Å². The lowest BCUT2D eigenvalue weighted by Gasteiger charge is -2.10. The molecule has 0 aliphatic rings. The molecular formula is C13H12ClN3O. The number of nitrogens with zero attached hydrogens (tertiary/aromatic N) is 1. The van der Waals surface area contributed by atoms with Gasteiger partial charge in [-0.05, 0) is 37.3 Å². The van der Waals surface area contributed by atoms with E-state index >= 15 is 0 Å². The van der Waals surface area contributed by atoms with E-state index in [0.29, 0.717) is 22.2 Å². The molecule has 1 aromatic heterocycles. The number of nitrogens with one attached hydrogen (secondary N) is 1. The average molecular weight is 262 g/mol. The van der Waals surface area contributed by atoms with Crippen LogP contribution in [0.2, 0.25) is 5.02 Å². The Hall–Kier alpha value is -2.07. The Morgan fingerprint density at radius 2 is 2.11 bits per heavy atom. The summed E-state index contributed by atoms with van der Waals surface area (Å²) >= 11 is 5.88. The van der Waals surface area contributed by atoms with Crippen LogP contribution in [0.1, 0.15) is 11.3 Å². The van der Waals surface area contributed by atoms with Crippen molar-refractivity contribution in [1.29, 1.82) is 5.41 Å². The summed E-state index contributed by atoms with van der Waals surface area (Å²) in [6.07, 6.45) is 0. The molecule has 3 N–H and O–H groups in total. The van der Waals surface area contributed by atoms with E-state index in [1.165, 1.54) is 0 Å². The van der Waals surface area contributed by atoms with Gasteiger partial charge in [-0.1, -0.05) is 17.7 Å². The van der Waals surface area contributed by atoms with Crippen LogP contribution in [-0.4, -0.2) is 10.8 Å². The second-order valence-electron chi connectivity index (χ2n) is 3.78. The highest BCUT2D eigenvalue weighted by molar-refractivity contribution is 6.30. The fraction of sp³-hybridized carbons (Fsp3) is 0.0769. The lowest BCUT2D eigenvalue weighted by Crippen LogP contribution is -2.13. The molecule has 5 heteroatoms. The molecule has 0 spiro atoms. The Morgan fingerprint density at radius 1 is 1.33 bits per heavy atom. The number of amidine groups is 1. The van der Waals surface area contributed by atoms with E-state index in [1.807, 2.05) is 6.92 Å². The topological polar surface area (TPSA) is 72.0 Å². The molecule has 18 heavy (non-hydrogen) atoms. The van der Waals surface area contributed by atoms with Gasteiger partial charge in [0.2, 0.25) is 5.88 Å². The lowest BCUT2D eigenvalue weighted by molar-refractivity contribution is 0.460. The van der Waals surface area contributed by atoms with E-state index < -0.39 is 0 Å². The van der Waals surface area contributed by atoms with Gasteiger partial charge in [-0.3, -0.25) is 5.41 Å². The molecule has 0 amide bonds. The van der Waals surface area contributed by atoms with Gasteiger partial charge < -0.3 is 10.5 Å². The van der Waals surface area contributed by atoms with Crippen molar-refractivity contribution in [2.75, 3.05) is 0 Å². The molecule has 0 aliphatic carbocycles. The number of nitrogen functional groups attached to an aromatic ring is 1. The normalized spacial score (nSPS) is 10.1. The third kappa shape index (κ3) is 2.78. The summed E-state index contributed by atoms with van der Waals surface area (Å²) in [6.45, 7) is 1.84. The van der Waals surface area contributed by atoms with Crippen molar-refractivity contribution in [2.24, 2.45) is 5.73 Å². The molecule has 1 aromatic carbocycles. The smallest absolute Gasteiger partial charge is 0.230 e. The van der Waals surface area contributed by atoms with Crippen LogP contribution in [0.25, 0.3) is 0 Å². The summed E-state index contributed by atoms with van der Waals surface area (Å²) < 4.78 is 5.62. The predicted molar refractivity (Wildman–Crippen MR) is 71.5 cm³/mol. The number of aromatic nitrogens is 1. The number of hydrogen-bond donors (Lipinski definition) is 2. The number of rotatable bonds is 3. The first-order chi connectivity index (χ1) is 8.56. The molecule has 0 bridgehead atoms. The zero-order valence-electron chi connectivity index (χ0n) is 9.77. The largest absolute Gasteiger partial charge is 0.438 e. The number of pyridine rings is 1. The van der Waals surface area contributed by atoms with Gasteiger partial charge >= 0.3 is 0 Å². The fourth-order valence-corrected chi connectivity index (χ4v) is 1.64. The number of halogens is 1. The van der Waals surface area contributed by atoms with Gasteiger partial charge in [-0.15, -0.1) is 0 Å². The standard InChI is InChI=1S/C13H12ClN3O/c1-8-5-6-11(12(15)16)13(17-8)18-10-4-2-3-9(14)7-10/h2-7H,1H3,(H3,15,16). The summed E-state index contributed by atoms with van der Waals surface area (Å²) in [7, 11) is 0. The zero-order chi connectivity index (χ0) is 13.1. The van der Waals surface area contributed by atoms with Gasteiger partial charge in [-0.25, -0.2) is 4.98 Å². The van der Waals surface area contributed by atoms with Crippen LogP contribution in [0.5, 0.6) is 11.6 Å². The van der Waals surface area contributed by atoms with Crippen LogP contribution in [-0.2, 0) is 0 Å². The maximum Gasteiger partial charge on any atom is 0.230 e. The third-order valence-corrected chi connectivity index (χ3v) is 2.54. The quantitative estimate of drug-likeness (QED) is 0.659. The molecule has 92 valence electrons. The Labute approximate surface area is 110 Å². The Kier molecular flexibility index (Phi) is 3.48. The van der Waals surface area contributed by atoms with Crippen molar-refractivity contribution in [1.82, 2.24) is 4.98 Å². The molecule has 0 saturated carbocycles. The van der Waals surface area contributed by atoms with E-state index in [9.17, 15) is 0 Å². The maximum absolute atomic E-state index is 7.49. The first-order valence-electron chi connectivity index (χ1n) is 5.32. The van der Waals surface area contributed by atoms with Crippen molar-refractivity contribution in [3.05, 3.63) is 52.7 Å². The Balaban J connectivity index is 2.39. The van der Waals surface area contributed by atoms with Crippen LogP contribution in [0.15, 0.2) is 36.4 Å². The molecule has 0 radical (unpaired) electrons. The molecule has 2 rings (SSSR count). The highest BCUT2D eigenvalue weighted by Crippen LogP contribution is 2.25. The van der Waals surface area contributed by atoms with Crippen molar-refractivity contribution in [2.45, 2.75) is 6.92 Å². The molecule has 4 nitrogen and oxygen atoms in total. The lowest BCUT2D eigenvalue weighted by atomic mass is 10.2. The minimum absolute atomic E-state index is 0.0838. The third-order valence-electron chi connectivity index (χ3n) is 2.30. The van der Waals surface area contributed by atoms with E-state index in [1.54, 1.807) is 36.4 Å². The van der Waals surface area contributed by atoms with E-state index in [0.717, 1.165) is 5.69 Å². The first-order valence-corrected chi connectivity index (χ1v) is 5.69. The summed E-state index contributed by atoms with van der Waals surface area (Å²) in [5.41, 5.74) is 6.73. The molecule has 0 saturated heterocycles. The van der Waals surface area contributed by atoms with E-state index in [-0.39, 0.29) is 5.84 Å². The Bertz CT molecular complexity index is 599. The van der Waals surface area contributed by atoms with Crippen molar-refractivity contribution >= 4 is 17.4 Å². The highest BCUT2D eigenvalue weighted by atomic mass is 35.5. The number of hydrogen-bond acceptors (Lipinski definition) is 3. The van der Waals surface area contributed by atoms with Crippen LogP contribution in [0, 0.1) is 12.3 Å². The van der Waals surface area contributed by atoms with Gasteiger partial charge in [0.05, 0.1) is 5.56 Å². The second-order valence-corrected chi connectivity index (χ2v) is 4.21. The molecule has 0 aliphatic heterocycles. The summed E-state index contributed by atoms with van der Waals surface area (Å²) in [4.78, 5) is 4.23. The Morgan fingerprint density at radius 3 is 2.78 bits per heavy atom. The summed E-state index contributed by atoms with van der Waals surface area (Å²) in [6, 6.07) is 10.5. The molecule has 0 atom stereocenters. The van der Waals surface area contributed by atoms with Gasteiger partial charge in [0.25, 0.3) is 0 Å². The van der Waals surface area contributed by atoms with E-state index in [2.05, 4.69) is 4.98 Å². The van der Waals surface area contributed by atoms with Gasteiger partial charge in [-0.2, -0.15) is 0 Å². The molecular weight excluding hydrogens is 250 g/mol. The van der Waals surface area contributed by atoms with Gasteiger partial charge in [0.15, 0.2) is 0 Å². The molecule has 1 heterocycles. The van der Waals surface area contributed by atoms with Crippen LogP contribution in [0.4, 0.5) is 0 Å². The number of aryl methyl sites for hydroxylation is 1. The number of ether oxygens (including phenoxy) is 1. The van der Waals surface area contributed by atoms with Crippen molar-refractivity contribution in [3.63, 3.8) is 0 Å². The SMILES string of the molecule is Cc1ccc(C(=N)N)c(Oc2cccc(Cl)c2)n1. The van der Waals surface area contributed by atoms with Gasteiger partial charge in [0.1, 0.15) is 11.6 Å². The minimum atomic E-state index is -0.0838. The zero-order valence-corrected chi connectivity index (χ0v) is 10.5. The molecule has 0 fully saturated rings. The summed E-state index contributed by atoms with van der Waals surface area (Å²) in [5, 5.41) is 8.06. The first kappa shape index (κ1) is 12.4. The van der Waals surface area contributed by atoms with Crippen molar-refractivity contribution in [3.8, 4) is 11.6 Å². The van der Waals surface area contributed by atoms with Crippen molar-refractivity contribution < 1.29 is 4.74 Å². The fourth-order valence-electron chi connectivity index (χ4n) is 1.46. The van der Waals surface area contributed by atoms with Crippen LogP contribution < -0.4 is 10.5 Å². The van der Waals surface area contributed by atoms with Gasteiger partial charge in [0, 0.05) is 10.7 Å². The number of nitrogens with two attached hydrogens (primary N) is 1. The molecule has 0 unspecified atom stereocenters. The average Bonchev–Trinajstić information content (AvgIpc) is 2.28. The summed E-state index contributed by atoms with van der Waals surface area (Å²) in [5.74, 6) is 0.785.